The number of nitro groups is 1. The van der Waals surface area contributed by atoms with E-state index in [1.165, 1.54) is 19.3 Å². The van der Waals surface area contributed by atoms with Crippen LogP contribution in [0.5, 0.6) is 0 Å². The first-order valence-corrected chi connectivity index (χ1v) is 7.01. The molecule has 1 saturated carbocycles. The number of rotatable bonds is 6. The van der Waals surface area contributed by atoms with Crippen LogP contribution >= 0.6 is 15.9 Å². The molecule has 1 atom stereocenters. The van der Waals surface area contributed by atoms with Crippen LogP contribution in [0.2, 0.25) is 0 Å². The smallest absolute Gasteiger partial charge is 0.273 e. The maximum Gasteiger partial charge on any atom is 0.273 e. The Balaban J connectivity index is 1.98. The summed E-state index contributed by atoms with van der Waals surface area (Å²) in [4.78, 5) is 10.6. The highest BCUT2D eigenvalue weighted by molar-refractivity contribution is 9.10. The van der Waals surface area contributed by atoms with E-state index in [1.807, 2.05) is 6.07 Å². The molecule has 4 nitrogen and oxygen atoms in total. The van der Waals surface area contributed by atoms with Crippen molar-refractivity contribution >= 4 is 21.6 Å². The van der Waals surface area contributed by atoms with Gasteiger partial charge >= 0.3 is 0 Å². The minimum atomic E-state index is -0.324. The summed E-state index contributed by atoms with van der Waals surface area (Å²) in [5.41, 5.74) is 0.918. The summed E-state index contributed by atoms with van der Waals surface area (Å²) in [5, 5.41) is 14.3. The lowest BCUT2D eigenvalue weighted by Gasteiger charge is -2.13. The number of hydrogen-bond acceptors (Lipinski definition) is 3. The predicted molar refractivity (Wildman–Crippen MR) is 74.4 cm³/mol. The Bertz CT molecular complexity index is 447. The van der Waals surface area contributed by atoms with E-state index in [-0.39, 0.29) is 10.6 Å². The lowest BCUT2D eigenvalue weighted by Crippen LogP contribution is -2.26. The second-order valence-corrected chi connectivity index (χ2v) is 5.91. The molecule has 5 heteroatoms. The number of hydrogen-bond donors (Lipinski definition) is 1. The Hall–Kier alpha value is -0.940. The molecule has 1 N–H and O–H groups in total. The molecule has 18 heavy (non-hydrogen) atoms. The first-order chi connectivity index (χ1) is 8.56. The Kier molecular flexibility index (Phi) is 4.35. The SMILES string of the molecule is CC(CC1CC1)NCc1cc(Br)ccc1[N+](=O)[O-]. The fourth-order valence-corrected chi connectivity index (χ4v) is 2.50. The van der Waals surface area contributed by atoms with Gasteiger partial charge in [-0.25, -0.2) is 0 Å². The zero-order valence-electron chi connectivity index (χ0n) is 10.4. The van der Waals surface area contributed by atoms with Crippen molar-refractivity contribution in [1.82, 2.24) is 5.32 Å². The van der Waals surface area contributed by atoms with Crippen LogP contribution in [0.25, 0.3) is 0 Å². The van der Waals surface area contributed by atoms with E-state index in [4.69, 9.17) is 0 Å². The van der Waals surface area contributed by atoms with Crippen molar-refractivity contribution in [3.8, 4) is 0 Å². The van der Waals surface area contributed by atoms with Crippen LogP contribution in [0.4, 0.5) is 5.69 Å². The Morgan fingerprint density at radius 3 is 2.89 bits per heavy atom. The van der Waals surface area contributed by atoms with Crippen molar-refractivity contribution in [2.24, 2.45) is 5.92 Å². The average Bonchev–Trinajstić information content (AvgIpc) is 3.10. The summed E-state index contributed by atoms with van der Waals surface area (Å²) in [6, 6.07) is 5.48. The molecule has 98 valence electrons. The highest BCUT2D eigenvalue weighted by Gasteiger charge is 2.23. The van der Waals surface area contributed by atoms with Crippen molar-refractivity contribution in [3.05, 3.63) is 38.3 Å². The third-order valence-corrected chi connectivity index (χ3v) is 3.76. The van der Waals surface area contributed by atoms with E-state index in [1.54, 1.807) is 12.1 Å². The second kappa shape index (κ2) is 5.80. The third kappa shape index (κ3) is 3.78. The highest BCUT2D eigenvalue weighted by Crippen LogP contribution is 2.33. The molecule has 2 rings (SSSR count). The molecule has 0 bridgehead atoms. The molecule has 0 spiro atoms. The van der Waals surface area contributed by atoms with Crippen molar-refractivity contribution in [1.29, 1.82) is 0 Å². The Labute approximate surface area is 115 Å². The molecular weight excluding hydrogens is 296 g/mol. The number of nitrogens with one attached hydrogen (secondary N) is 1. The molecular formula is C13H17BrN2O2. The van der Waals surface area contributed by atoms with Gasteiger partial charge < -0.3 is 5.32 Å². The third-order valence-electron chi connectivity index (χ3n) is 3.26. The van der Waals surface area contributed by atoms with Gasteiger partial charge in [-0.1, -0.05) is 28.8 Å². The fourth-order valence-electron chi connectivity index (χ4n) is 2.09. The van der Waals surface area contributed by atoms with Crippen molar-refractivity contribution in [2.45, 2.75) is 38.8 Å². The van der Waals surface area contributed by atoms with Gasteiger partial charge in [0, 0.05) is 28.7 Å². The van der Waals surface area contributed by atoms with Gasteiger partial charge in [0.1, 0.15) is 0 Å². The van der Waals surface area contributed by atoms with Gasteiger partial charge in [0.15, 0.2) is 0 Å². The van der Waals surface area contributed by atoms with Crippen molar-refractivity contribution < 1.29 is 4.92 Å². The van der Waals surface area contributed by atoms with E-state index >= 15 is 0 Å². The van der Waals surface area contributed by atoms with Gasteiger partial charge in [-0.15, -0.1) is 0 Å². The summed E-state index contributed by atoms with van der Waals surface area (Å²) in [6.45, 7) is 2.69. The molecule has 1 fully saturated rings. The molecule has 1 aliphatic rings. The maximum atomic E-state index is 10.9. The monoisotopic (exact) mass is 312 g/mol. The number of halogens is 1. The molecule has 0 aromatic heterocycles. The lowest BCUT2D eigenvalue weighted by atomic mass is 10.1. The standard InChI is InChI=1S/C13H17BrN2O2/c1-9(6-10-2-3-10)15-8-11-7-12(14)4-5-13(11)16(17)18/h4-5,7,9-10,15H,2-3,6,8H2,1H3. The van der Waals surface area contributed by atoms with Crippen LogP contribution in [0.1, 0.15) is 31.7 Å². The fraction of sp³-hybridized carbons (Fsp3) is 0.538. The minimum absolute atomic E-state index is 0.185. The van der Waals surface area contributed by atoms with Gasteiger partial charge in [-0.2, -0.15) is 0 Å². The average molecular weight is 313 g/mol. The topological polar surface area (TPSA) is 55.2 Å². The molecule has 0 saturated heterocycles. The molecule has 0 aliphatic heterocycles. The summed E-state index contributed by atoms with van der Waals surface area (Å²) in [5.74, 6) is 0.866. The molecule has 0 radical (unpaired) electrons. The first-order valence-electron chi connectivity index (χ1n) is 6.22. The Morgan fingerprint density at radius 1 is 1.56 bits per heavy atom. The van der Waals surface area contributed by atoms with Crippen LogP contribution in [0, 0.1) is 16.0 Å². The largest absolute Gasteiger partial charge is 0.310 e. The van der Waals surface area contributed by atoms with Gasteiger partial charge in [0.2, 0.25) is 0 Å². The maximum absolute atomic E-state index is 10.9. The Morgan fingerprint density at radius 2 is 2.28 bits per heavy atom. The van der Waals surface area contributed by atoms with Gasteiger partial charge in [0.25, 0.3) is 5.69 Å². The summed E-state index contributed by atoms with van der Waals surface area (Å²) in [6.07, 6.45) is 3.84. The number of benzene rings is 1. The van der Waals surface area contributed by atoms with Crippen LogP contribution in [-0.4, -0.2) is 11.0 Å². The van der Waals surface area contributed by atoms with Crippen LogP contribution < -0.4 is 5.32 Å². The minimum Gasteiger partial charge on any atom is -0.310 e. The summed E-state index contributed by atoms with van der Waals surface area (Å²) in [7, 11) is 0. The zero-order valence-corrected chi connectivity index (χ0v) is 11.9. The van der Waals surface area contributed by atoms with E-state index in [9.17, 15) is 10.1 Å². The predicted octanol–water partition coefficient (Wildman–Crippen LogP) is 3.64. The van der Waals surface area contributed by atoms with E-state index < -0.39 is 0 Å². The van der Waals surface area contributed by atoms with Crippen LogP contribution in [0.3, 0.4) is 0 Å². The van der Waals surface area contributed by atoms with E-state index in [0.717, 1.165) is 16.0 Å². The molecule has 1 aromatic rings. The van der Waals surface area contributed by atoms with Gasteiger partial charge in [-0.3, -0.25) is 10.1 Å². The second-order valence-electron chi connectivity index (χ2n) is 4.99. The van der Waals surface area contributed by atoms with Crippen molar-refractivity contribution in [3.63, 3.8) is 0 Å². The quantitative estimate of drug-likeness (QED) is 0.644. The number of nitro benzene ring substituents is 1. The van der Waals surface area contributed by atoms with Gasteiger partial charge in [0.05, 0.1) is 4.92 Å². The molecule has 1 aromatic carbocycles. The summed E-state index contributed by atoms with van der Waals surface area (Å²) < 4.78 is 0.875. The number of nitrogens with zero attached hydrogens (tertiary/aromatic N) is 1. The van der Waals surface area contributed by atoms with Crippen LogP contribution in [0.15, 0.2) is 22.7 Å². The highest BCUT2D eigenvalue weighted by atomic mass is 79.9. The molecule has 1 unspecified atom stereocenters. The van der Waals surface area contributed by atoms with Crippen LogP contribution in [-0.2, 0) is 6.54 Å². The molecule has 0 amide bonds. The van der Waals surface area contributed by atoms with Crippen molar-refractivity contribution in [2.75, 3.05) is 0 Å². The zero-order chi connectivity index (χ0) is 13.1. The first kappa shape index (κ1) is 13.5. The lowest BCUT2D eigenvalue weighted by molar-refractivity contribution is -0.385. The molecule has 0 heterocycles. The molecule has 1 aliphatic carbocycles. The van der Waals surface area contributed by atoms with E-state index in [0.29, 0.717) is 12.6 Å². The normalized spacial score (nSPS) is 16.6. The van der Waals surface area contributed by atoms with E-state index in [2.05, 4.69) is 28.2 Å². The summed E-state index contributed by atoms with van der Waals surface area (Å²) >= 11 is 3.35. The van der Waals surface area contributed by atoms with Gasteiger partial charge in [-0.05, 0) is 31.4 Å².